The van der Waals surface area contributed by atoms with Crippen molar-refractivity contribution < 1.29 is 4.79 Å². The van der Waals surface area contributed by atoms with Crippen LogP contribution < -0.4 is 11.1 Å². The molecule has 0 aliphatic heterocycles. The summed E-state index contributed by atoms with van der Waals surface area (Å²) in [7, 11) is 0. The van der Waals surface area contributed by atoms with Crippen molar-refractivity contribution in [3.8, 4) is 22.5 Å². The first-order chi connectivity index (χ1) is 14.1. The van der Waals surface area contributed by atoms with Crippen LogP contribution in [0.5, 0.6) is 0 Å². The van der Waals surface area contributed by atoms with Crippen LogP contribution in [-0.4, -0.2) is 32.4 Å². The molecule has 0 saturated carbocycles. The zero-order valence-electron chi connectivity index (χ0n) is 15.3. The number of anilines is 1. The Balaban J connectivity index is 1.69. The van der Waals surface area contributed by atoms with Gasteiger partial charge in [-0.05, 0) is 46.7 Å². The molecule has 0 aliphatic carbocycles. The summed E-state index contributed by atoms with van der Waals surface area (Å²) in [5, 5.41) is 24.6. The number of hydrogen-bond donors (Lipinski definition) is 4. The van der Waals surface area contributed by atoms with Crippen molar-refractivity contribution in [2.45, 2.75) is 0 Å². The number of amidine groups is 1. The molecule has 0 unspecified atom stereocenters. The lowest BCUT2D eigenvalue weighted by molar-refractivity contribution is 0.102. The van der Waals surface area contributed by atoms with Gasteiger partial charge >= 0.3 is 0 Å². The normalized spacial score (nSPS) is 10.5. The van der Waals surface area contributed by atoms with E-state index in [2.05, 4.69) is 25.9 Å². The fraction of sp³-hybridized carbons (Fsp3) is 0. The first kappa shape index (κ1) is 18.1. The molecular weight excluding hydrogens is 366 g/mol. The van der Waals surface area contributed by atoms with Gasteiger partial charge in [0.1, 0.15) is 5.84 Å². The Labute approximate surface area is 166 Å². The number of benzene rings is 3. The number of hydrogen-bond acceptors (Lipinski definition) is 5. The number of nitrogens with one attached hydrogen (secondary N) is 3. The molecule has 0 fully saturated rings. The van der Waals surface area contributed by atoms with Gasteiger partial charge < -0.3 is 11.1 Å². The number of tetrazole rings is 1. The topological polar surface area (TPSA) is 133 Å². The fourth-order valence-corrected chi connectivity index (χ4v) is 3.04. The number of carbonyl (C=O) groups is 1. The zero-order chi connectivity index (χ0) is 20.2. The second-order valence-corrected chi connectivity index (χ2v) is 6.27. The lowest BCUT2D eigenvalue weighted by Crippen LogP contribution is -2.14. The van der Waals surface area contributed by atoms with Gasteiger partial charge in [0.15, 0.2) is 0 Å². The summed E-state index contributed by atoms with van der Waals surface area (Å²) in [6.45, 7) is 0. The molecule has 1 amide bonds. The molecule has 1 heterocycles. The first-order valence-corrected chi connectivity index (χ1v) is 8.81. The fourth-order valence-electron chi connectivity index (χ4n) is 3.04. The van der Waals surface area contributed by atoms with Crippen LogP contribution in [0.1, 0.15) is 15.9 Å². The number of nitrogens with zero attached hydrogens (tertiary/aromatic N) is 3. The minimum atomic E-state index is -0.251. The van der Waals surface area contributed by atoms with E-state index in [4.69, 9.17) is 11.1 Å². The van der Waals surface area contributed by atoms with Gasteiger partial charge in [-0.3, -0.25) is 10.2 Å². The number of carbonyl (C=O) groups excluding carboxylic acids is 1. The van der Waals surface area contributed by atoms with Crippen molar-refractivity contribution in [3.05, 3.63) is 83.9 Å². The van der Waals surface area contributed by atoms with Crippen LogP contribution in [0.3, 0.4) is 0 Å². The van der Waals surface area contributed by atoms with E-state index in [0.717, 1.165) is 16.7 Å². The number of H-pyrrole nitrogens is 1. The Morgan fingerprint density at radius 2 is 1.55 bits per heavy atom. The van der Waals surface area contributed by atoms with Crippen molar-refractivity contribution in [1.82, 2.24) is 20.6 Å². The van der Waals surface area contributed by atoms with Gasteiger partial charge in [0.05, 0.1) is 0 Å². The second kappa shape index (κ2) is 7.73. The maximum absolute atomic E-state index is 13.0. The number of nitrogen functional groups attached to an aromatic ring is 1. The van der Waals surface area contributed by atoms with Crippen LogP contribution in [0, 0.1) is 5.41 Å². The van der Waals surface area contributed by atoms with Crippen molar-refractivity contribution in [2.75, 3.05) is 5.32 Å². The number of nitrogens with two attached hydrogens (primary N) is 1. The van der Waals surface area contributed by atoms with Crippen molar-refractivity contribution in [2.24, 2.45) is 5.73 Å². The maximum Gasteiger partial charge on any atom is 0.256 e. The highest BCUT2D eigenvalue weighted by Gasteiger charge is 2.17. The molecule has 8 nitrogen and oxygen atoms in total. The molecular formula is C21H17N7O. The number of rotatable bonds is 5. The zero-order valence-corrected chi connectivity index (χ0v) is 15.3. The third-order valence-electron chi connectivity index (χ3n) is 4.43. The molecule has 8 heteroatoms. The summed E-state index contributed by atoms with van der Waals surface area (Å²) >= 11 is 0. The van der Waals surface area contributed by atoms with Gasteiger partial charge in [-0.1, -0.05) is 42.5 Å². The summed E-state index contributed by atoms with van der Waals surface area (Å²) in [4.78, 5) is 13.0. The smallest absolute Gasteiger partial charge is 0.256 e. The first-order valence-electron chi connectivity index (χ1n) is 8.81. The lowest BCUT2D eigenvalue weighted by Gasteiger charge is -2.13. The lowest BCUT2D eigenvalue weighted by atomic mass is 9.94. The Morgan fingerprint density at radius 3 is 2.21 bits per heavy atom. The van der Waals surface area contributed by atoms with Crippen LogP contribution in [-0.2, 0) is 0 Å². The van der Waals surface area contributed by atoms with E-state index in [9.17, 15) is 4.79 Å². The van der Waals surface area contributed by atoms with Gasteiger partial charge in [-0.2, -0.15) is 5.21 Å². The third kappa shape index (κ3) is 3.72. The van der Waals surface area contributed by atoms with Crippen LogP contribution in [0.2, 0.25) is 0 Å². The predicted octanol–water partition coefficient (Wildman–Crippen LogP) is 3.07. The van der Waals surface area contributed by atoms with Crippen molar-refractivity contribution in [1.29, 1.82) is 5.41 Å². The SMILES string of the molecule is N=C(N)c1ccc(NC(=O)c2ccccc2-c2ccccc2-c2nn[nH]n2)cc1. The molecule has 0 atom stereocenters. The molecule has 142 valence electrons. The molecule has 5 N–H and O–H groups in total. The number of aromatic nitrogens is 4. The Kier molecular flexibility index (Phi) is 4.81. The molecule has 29 heavy (non-hydrogen) atoms. The molecule has 4 rings (SSSR count). The van der Waals surface area contributed by atoms with Gasteiger partial charge in [0.2, 0.25) is 5.82 Å². The minimum Gasteiger partial charge on any atom is -0.384 e. The second-order valence-electron chi connectivity index (χ2n) is 6.27. The molecule has 1 aromatic heterocycles. The highest BCUT2D eigenvalue weighted by molar-refractivity contribution is 6.09. The average molecular weight is 383 g/mol. The standard InChI is InChI=1S/C21H17N7O/c22-19(23)13-9-11-14(12-10-13)24-21(29)18-8-4-2-6-16(18)15-5-1-3-7-17(15)20-25-27-28-26-20/h1-12H,(H3,22,23)(H,24,29)(H,25,26,27,28). The van der Waals surface area contributed by atoms with E-state index in [1.165, 1.54) is 0 Å². The summed E-state index contributed by atoms with van der Waals surface area (Å²) in [5.41, 5.74) is 9.55. The summed E-state index contributed by atoms with van der Waals surface area (Å²) < 4.78 is 0. The Hall–Kier alpha value is -4.33. The van der Waals surface area contributed by atoms with Gasteiger partial charge in [-0.25, -0.2) is 0 Å². The average Bonchev–Trinajstić information content (AvgIpc) is 3.29. The van der Waals surface area contributed by atoms with Crippen LogP contribution in [0.25, 0.3) is 22.5 Å². The Bertz CT molecular complexity index is 1170. The maximum atomic E-state index is 13.0. The van der Waals surface area contributed by atoms with Crippen LogP contribution >= 0.6 is 0 Å². The monoisotopic (exact) mass is 383 g/mol. The van der Waals surface area contributed by atoms with Gasteiger partial charge in [0, 0.05) is 22.4 Å². The largest absolute Gasteiger partial charge is 0.384 e. The molecule has 4 aromatic rings. The molecule has 0 radical (unpaired) electrons. The molecule has 0 bridgehead atoms. The van der Waals surface area contributed by atoms with E-state index in [1.807, 2.05) is 42.5 Å². The van der Waals surface area contributed by atoms with Gasteiger partial charge in [-0.15, -0.1) is 10.2 Å². The number of aromatic amines is 1. The van der Waals surface area contributed by atoms with Crippen molar-refractivity contribution in [3.63, 3.8) is 0 Å². The van der Waals surface area contributed by atoms with Crippen molar-refractivity contribution >= 4 is 17.4 Å². The van der Waals surface area contributed by atoms with Crippen LogP contribution in [0.15, 0.2) is 72.8 Å². The van der Waals surface area contributed by atoms with E-state index in [1.54, 1.807) is 30.3 Å². The summed E-state index contributed by atoms with van der Waals surface area (Å²) in [5.74, 6) is 0.181. The summed E-state index contributed by atoms with van der Waals surface area (Å²) in [6, 6.07) is 21.7. The van der Waals surface area contributed by atoms with E-state index in [-0.39, 0.29) is 11.7 Å². The van der Waals surface area contributed by atoms with Gasteiger partial charge in [0.25, 0.3) is 5.91 Å². The number of amides is 1. The summed E-state index contributed by atoms with van der Waals surface area (Å²) in [6.07, 6.45) is 0. The van der Waals surface area contributed by atoms with E-state index < -0.39 is 0 Å². The van der Waals surface area contributed by atoms with Crippen LogP contribution in [0.4, 0.5) is 5.69 Å². The molecule has 3 aromatic carbocycles. The quantitative estimate of drug-likeness (QED) is 0.310. The molecule has 0 aliphatic rings. The molecule has 0 saturated heterocycles. The highest BCUT2D eigenvalue weighted by atomic mass is 16.1. The molecule has 0 spiro atoms. The highest BCUT2D eigenvalue weighted by Crippen LogP contribution is 2.32. The minimum absolute atomic E-state index is 0.0219. The predicted molar refractivity (Wildman–Crippen MR) is 110 cm³/mol. The van der Waals surface area contributed by atoms with E-state index in [0.29, 0.717) is 22.6 Å². The third-order valence-corrected chi connectivity index (χ3v) is 4.43. The van der Waals surface area contributed by atoms with E-state index >= 15 is 0 Å². The Morgan fingerprint density at radius 1 is 0.897 bits per heavy atom.